The molecule has 0 spiro atoms. The molecule has 0 atom stereocenters. The highest BCUT2D eigenvalue weighted by Crippen LogP contribution is 2.33. The lowest BCUT2D eigenvalue weighted by molar-refractivity contribution is -0.138. The van der Waals surface area contributed by atoms with Crippen molar-refractivity contribution in [2.45, 2.75) is 43.9 Å². The second-order valence-corrected chi connectivity index (χ2v) is 8.08. The van der Waals surface area contributed by atoms with Crippen LogP contribution >= 0.6 is 11.6 Å². The fourth-order valence-corrected chi connectivity index (χ4v) is 3.93. The molecular formula is C24H25ClF3NO. The monoisotopic (exact) mass is 435 g/mol. The molecule has 30 heavy (non-hydrogen) atoms. The van der Waals surface area contributed by atoms with E-state index in [2.05, 4.69) is 10.8 Å². The van der Waals surface area contributed by atoms with Crippen LogP contribution in [0.4, 0.5) is 13.2 Å². The molecule has 1 saturated heterocycles. The quantitative estimate of drug-likeness (QED) is 0.377. The van der Waals surface area contributed by atoms with Crippen molar-refractivity contribution in [2.24, 2.45) is 0 Å². The number of hydrogen-bond acceptors (Lipinski definition) is 2. The minimum atomic E-state index is -4.30. The van der Waals surface area contributed by atoms with Crippen molar-refractivity contribution in [3.63, 3.8) is 0 Å². The Kier molecular flexibility index (Phi) is 7.33. The summed E-state index contributed by atoms with van der Waals surface area (Å²) in [5, 5.41) is 0.643. The van der Waals surface area contributed by atoms with E-state index in [0.717, 1.165) is 32.1 Å². The topological polar surface area (TPSA) is 12.5 Å². The number of rotatable bonds is 7. The van der Waals surface area contributed by atoms with Crippen LogP contribution in [0, 0.1) is 12.3 Å². The molecule has 1 heterocycles. The number of nitrogens with zero attached hydrogens (tertiary/aromatic N) is 1. The van der Waals surface area contributed by atoms with Crippen LogP contribution in [0.5, 0.6) is 5.75 Å². The largest absolute Gasteiger partial charge is 0.475 e. The van der Waals surface area contributed by atoms with Crippen molar-refractivity contribution in [1.82, 2.24) is 4.90 Å². The first-order valence-corrected chi connectivity index (χ1v) is 10.5. The average Bonchev–Trinajstić information content (AvgIpc) is 2.74. The van der Waals surface area contributed by atoms with Crippen LogP contribution in [-0.4, -0.2) is 30.1 Å². The van der Waals surface area contributed by atoms with Gasteiger partial charge in [-0.2, -0.15) is 13.2 Å². The molecule has 0 amide bonds. The van der Waals surface area contributed by atoms with E-state index in [0.29, 0.717) is 42.0 Å². The van der Waals surface area contributed by atoms with Crippen LogP contribution in [0.25, 0.3) is 0 Å². The zero-order chi connectivity index (χ0) is 21.6. The molecule has 160 valence electrons. The van der Waals surface area contributed by atoms with E-state index in [-0.39, 0.29) is 0 Å². The Morgan fingerprint density at radius 1 is 1.03 bits per heavy atom. The van der Waals surface area contributed by atoms with Crippen molar-refractivity contribution >= 4 is 11.6 Å². The molecule has 0 unspecified atom stereocenters. The Hall–Kier alpha value is -2.16. The van der Waals surface area contributed by atoms with Gasteiger partial charge in [-0.25, -0.2) is 0 Å². The van der Waals surface area contributed by atoms with E-state index < -0.39 is 17.3 Å². The van der Waals surface area contributed by atoms with Crippen LogP contribution in [-0.2, 0) is 12.6 Å². The van der Waals surface area contributed by atoms with Crippen LogP contribution < -0.4 is 4.74 Å². The van der Waals surface area contributed by atoms with Gasteiger partial charge in [0.2, 0.25) is 0 Å². The molecule has 1 aliphatic rings. The lowest BCUT2D eigenvalue weighted by atomic mass is 9.91. The number of terminal acetylenes is 1. The number of alkyl halides is 3. The first kappa shape index (κ1) is 22.5. The number of piperidine rings is 1. The molecule has 1 fully saturated rings. The zero-order valence-corrected chi connectivity index (χ0v) is 17.5. The minimum absolute atomic E-state index is 0.367. The molecule has 1 aliphatic heterocycles. The number of halogens is 4. The summed E-state index contributed by atoms with van der Waals surface area (Å²) in [5.74, 6) is 3.52. The number of aryl methyl sites for hydroxylation is 1. The lowest BCUT2D eigenvalue weighted by Crippen LogP contribution is -2.47. The van der Waals surface area contributed by atoms with E-state index in [1.165, 1.54) is 6.07 Å². The first-order valence-electron chi connectivity index (χ1n) is 10.1. The Labute approximate surface area is 181 Å². The highest BCUT2D eigenvalue weighted by atomic mass is 35.5. The Morgan fingerprint density at radius 2 is 1.70 bits per heavy atom. The van der Waals surface area contributed by atoms with E-state index in [1.807, 2.05) is 12.1 Å². The van der Waals surface area contributed by atoms with Gasteiger partial charge in [0.1, 0.15) is 5.75 Å². The molecule has 6 heteroatoms. The fraction of sp³-hybridized carbons (Fsp3) is 0.417. The average molecular weight is 436 g/mol. The van der Waals surface area contributed by atoms with Gasteiger partial charge in [0.25, 0.3) is 0 Å². The number of benzene rings is 2. The normalized spacial score (nSPS) is 16.8. The zero-order valence-electron chi connectivity index (χ0n) is 16.7. The highest BCUT2D eigenvalue weighted by molar-refractivity contribution is 6.30. The van der Waals surface area contributed by atoms with E-state index in [4.69, 9.17) is 22.8 Å². The molecule has 0 saturated carbocycles. The molecule has 0 bridgehead atoms. The van der Waals surface area contributed by atoms with E-state index in [1.54, 1.807) is 24.3 Å². The SMILES string of the molecule is C#CC1(Oc2ccc(Cl)cc2)CCN(CCCCc2ccccc2C(F)(F)F)CC1. The minimum Gasteiger partial charge on any atom is -0.475 e. The molecule has 0 N–H and O–H groups in total. The second kappa shape index (κ2) is 9.76. The summed E-state index contributed by atoms with van der Waals surface area (Å²) in [6.07, 6.45) is 4.89. The van der Waals surface area contributed by atoms with Gasteiger partial charge in [0, 0.05) is 31.0 Å². The van der Waals surface area contributed by atoms with Crippen molar-refractivity contribution < 1.29 is 17.9 Å². The summed E-state index contributed by atoms with van der Waals surface area (Å²) in [4.78, 5) is 2.30. The van der Waals surface area contributed by atoms with Crippen LogP contribution in [0.15, 0.2) is 48.5 Å². The van der Waals surface area contributed by atoms with Gasteiger partial charge in [-0.05, 0) is 61.7 Å². The number of unbranched alkanes of at least 4 members (excludes halogenated alkanes) is 1. The summed E-state index contributed by atoms with van der Waals surface area (Å²) in [6.45, 7) is 2.45. The molecule has 0 radical (unpaired) electrons. The highest BCUT2D eigenvalue weighted by Gasteiger charge is 2.35. The maximum atomic E-state index is 13.1. The molecular weight excluding hydrogens is 411 g/mol. The van der Waals surface area contributed by atoms with Crippen LogP contribution in [0.1, 0.15) is 36.8 Å². The summed E-state index contributed by atoms with van der Waals surface area (Å²) in [6, 6.07) is 13.0. The van der Waals surface area contributed by atoms with Crippen LogP contribution in [0.2, 0.25) is 5.02 Å². The summed E-state index contributed by atoms with van der Waals surface area (Å²) < 4.78 is 45.4. The standard InChI is InChI=1S/C24H25ClF3NO/c1-2-23(30-21-12-10-20(25)11-13-21)14-17-29(18-15-23)16-6-5-8-19-7-3-4-9-22(19)24(26,27)28/h1,3-4,7,9-13H,5-6,8,14-18H2. The fourth-order valence-electron chi connectivity index (χ4n) is 3.81. The van der Waals surface area contributed by atoms with E-state index in [9.17, 15) is 13.2 Å². The second-order valence-electron chi connectivity index (χ2n) is 7.65. The molecule has 2 nitrogen and oxygen atoms in total. The van der Waals surface area contributed by atoms with Gasteiger partial charge in [-0.3, -0.25) is 0 Å². The molecule has 3 rings (SSSR count). The van der Waals surface area contributed by atoms with Gasteiger partial charge in [-0.1, -0.05) is 35.7 Å². The predicted octanol–water partition coefficient (Wildman–Crippen LogP) is 6.23. The van der Waals surface area contributed by atoms with Crippen molar-refractivity contribution in [1.29, 1.82) is 0 Å². The number of likely N-dealkylation sites (tertiary alicyclic amines) is 1. The molecule has 0 aromatic heterocycles. The van der Waals surface area contributed by atoms with Gasteiger partial charge in [-0.15, -0.1) is 6.42 Å². The maximum Gasteiger partial charge on any atom is 0.416 e. The Balaban J connectivity index is 1.45. The first-order chi connectivity index (χ1) is 14.3. The summed E-state index contributed by atoms with van der Waals surface area (Å²) in [7, 11) is 0. The number of hydrogen-bond donors (Lipinski definition) is 0. The van der Waals surface area contributed by atoms with Crippen LogP contribution in [0.3, 0.4) is 0 Å². The lowest BCUT2D eigenvalue weighted by Gasteiger charge is -2.38. The van der Waals surface area contributed by atoms with E-state index >= 15 is 0 Å². The third-order valence-electron chi connectivity index (χ3n) is 5.55. The van der Waals surface area contributed by atoms with Crippen molar-refractivity contribution in [2.75, 3.05) is 19.6 Å². The summed E-state index contributed by atoms with van der Waals surface area (Å²) in [5.41, 5.74) is -0.789. The molecule has 2 aromatic carbocycles. The van der Waals surface area contributed by atoms with Gasteiger partial charge in [0.15, 0.2) is 5.60 Å². The molecule has 0 aliphatic carbocycles. The summed E-state index contributed by atoms with van der Waals surface area (Å²) >= 11 is 5.91. The predicted molar refractivity (Wildman–Crippen MR) is 114 cm³/mol. The third-order valence-corrected chi connectivity index (χ3v) is 5.80. The Bertz CT molecular complexity index is 865. The van der Waals surface area contributed by atoms with Crippen molar-refractivity contribution in [3.8, 4) is 18.1 Å². The maximum absolute atomic E-state index is 13.1. The Morgan fingerprint density at radius 3 is 2.33 bits per heavy atom. The van der Waals surface area contributed by atoms with Gasteiger partial charge >= 0.3 is 6.18 Å². The van der Waals surface area contributed by atoms with Crippen molar-refractivity contribution in [3.05, 3.63) is 64.7 Å². The van der Waals surface area contributed by atoms with Gasteiger partial charge in [0.05, 0.1) is 5.56 Å². The number of ether oxygens (including phenoxy) is 1. The van der Waals surface area contributed by atoms with Gasteiger partial charge < -0.3 is 9.64 Å². The smallest absolute Gasteiger partial charge is 0.416 e. The third kappa shape index (κ3) is 5.93. The molecule has 2 aromatic rings.